The van der Waals surface area contributed by atoms with Crippen LogP contribution < -0.4 is 15.4 Å². The van der Waals surface area contributed by atoms with Gasteiger partial charge in [-0.2, -0.15) is 0 Å². The van der Waals surface area contributed by atoms with Gasteiger partial charge in [-0.05, 0) is 54.8 Å². The number of nitrogens with zero attached hydrogens (tertiary/aromatic N) is 2. The zero-order valence-electron chi connectivity index (χ0n) is 15.7. The number of aromatic nitrogens is 2. The molecule has 0 radical (unpaired) electrons. The van der Waals surface area contributed by atoms with Crippen molar-refractivity contribution >= 4 is 29.1 Å². The number of aryl methyl sites for hydroxylation is 1. The van der Waals surface area contributed by atoms with E-state index in [1.54, 1.807) is 13.2 Å². The van der Waals surface area contributed by atoms with Crippen LogP contribution in [0.4, 0.5) is 11.6 Å². The third-order valence-corrected chi connectivity index (χ3v) is 4.42. The van der Waals surface area contributed by atoms with Crippen molar-refractivity contribution in [2.75, 3.05) is 19.0 Å². The molecular formula is C21H21ClN4O2. The lowest BCUT2D eigenvalue weighted by Gasteiger charge is -2.09. The number of hydrogen-bond donors (Lipinski definition) is 2. The van der Waals surface area contributed by atoms with Crippen LogP contribution in [0.3, 0.4) is 0 Å². The molecule has 144 valence electrons. The largest absolute Gasteiger partial charge is 0.497 e. The van der Waals surface area contributed by atoms with Crippen molar-refractivity contribution in [3.63, 3.8) is 0 Å². The van der Waals surface area contributed by atoms with Gasteiger partial charge in [0.15, 0.2) is 0 Å². The van der Waals surface area contributed by atoms with Crippen molar-refractivity contribution in [2.45, 2.75) is 13.3 Å². The van der Waals surface area contributed by atoms with Gasteiger partial charge in [-0.1, -0.05) is 23.7 Å². The average Bonchev–Trinajstić information content (AvgIpc) is 2.71. The number of carbonyl (C=O) groups is 1. The van der Waals surface area contributed by atoms with E-state index in [1.165, 1.54) is 12.4 Å². The second-order valence-corrected chi connectivity index (χ2v) is 6.67. The summed E-state index contributed by atoms with van der Waals surface area (Å²) in [5.74, 6) is 1.01. The van der Waals surface area contributed by atoms with Crippen molar-refractivity contribution < 1.29 is 9.53 Å². The number of amides is 1. The maximum atomic E-state index is 12.3. The fourth-order valence-electron chi connectivity index (χ4n) is 2.65. The van der Waals surface area contributed by atoms with Crippen molar-refractivity contribution in [3.05, 3.63) is 76.6 Å². The van der Waals surface area contributed by atoms with Gasteiger partial charge < -0.3 is 15.4 Å². The number of nitrogens with one attached hydrogen (secondary N) is 2. The Balaban J connectivity index is 1.54. The van der Waals surface area contributed by atoms with E-state index in [2.05, 4.69) is 20.6 Å². The van der Waals surface area contributed by atoms with E-state index in [0.29, 0.717) is 29.5 Å². The summed E-state index contributed by atoms with van der Waals surface area (Å²) < 4.78 is 5.20. The van der Waals surface area contributed by atoms with Crippen molar-refractivity contribution in [3.8, 4) is 5.75 Å². The van der Waals surface area contributed by atoms with E-state index in [0.717, 1.165) is 22.6 Å². The van der Waals surface area contributed by atoms with E-state index >= 15 is 0 Å². The number of rotatable bonds is 7. The van der Waals surface area contributed by atoms with E-state index < -0.39 is 0 Å². The van der Waals surface area contributed by atoms with E-state index in [-0.39, 0.29) is 5.91 Å². The van der Waals surface area contributed by atoms with Gasteiger partial charge in [-0.3, -0.25) is 4.79 Å². The van der Waals surface area contributed by atoms with Crippen LogP contribution in [-0.2, 0) is 6.42 Å². The molecule has 3 aromatic rings. The molecule has 1 aromatic heterocycles. The maximum absolute atomic E-state index is 12.3. The Morgan fingerprint density at radius 3 is 2.64 bits per heavy atom. The lowest BCUT2D eigenvalue weighted by Crippen LogP contribution is -2.26. The van der Waals surface area contributed by atoms with Gasteiger partial charge in [-0.25, -0.2) is 9.97 Å². The summed E-state index contributed by atoms with van der Waals surface area (Å²) in [6.45, 7) is 2.45. The fourth-order valence-corrected chi connectivity index (χ4v) is 2.87. The lowest BCUT2D eigenvalue weighted by atomic mass is 10.1. The number of hydrogen-bond acceptors (Lipinski definition) is 5. The number of carbonyl (C=O) groups excluding carboxylic acids is 1. The summed E-state index contributed by atoms with van der Waals surface area (Å²) in [5.41, 5.74) is 3.34. The van der Waals surface area contributed by atoms with Crippen LogP contribution in [0.25, 0.3) is 0 Å². The molecule has 0 fully saturated rings. The van der Waals surface area contributed by atoms with Crippen LogP contribution in [0.1, 0.15) is 21.5 Å². The summed E-state index contributed by atoms with van der Waals surface area (Å²) in [6.07, 6.45) is 3.71. The molecule has 0 unspecified atom stereocenters. The van der Waals surface area contributed by atoms with Gasteiger partial charge in [0.05, 0.1) is 12.7 Å². The van der Waals surface area contributed by atoms with Crippen LogP contribution in [0.5, 0.6) is 5.75 Å². The molecule has 0 aliphatic rings. The highest BCUT2D eigenvalue weighted by atomic mass is 35.5. The highest BCUT2D eigenvalue weighted by molar-refractivity contribution is 6.30. The quantitative estimate of drug-likeness (QED) is 0.627. The molecule has 0 bridgehead atoms. The molecule has 0 saturated carbocycles. The van der Waals surface area contributed by atoms with Crippen molar-refractivity contribution in [2.24, 2.45) is 0 Å². The Kier molecular flexibility index (Phi) is 6.45. The monoisotopic (exact) mass is 396 g/mol. The number of halogens is 1. The Hall–Kier alpha value is -3.12. The number of benzene rings is 2. The minimum atomic E-state index is -0.211. The predicted molar refractivity (Wildman–Crippen MR) is 111 cm³/mol. The first-order valence-electron chi connectivity index (χ1n) is 8.81. The molecule has 3 rings (SSSR count). The van der Waals surface area contributed by atoms with E-state index in [1.807, 2.05) is 43.3 Å². The minimum Gasteiger partial charge on any atom is -0.497 e. The molecule has 0 aliphatic heterocycles. The van der Waals surface area contributed by atoms with Crippen LogP contribution in [0.2, 0.25) is 5.02 Å². The number of anilines is 2. The lowest BCUT2D eigenvalue weighted by molar-refractivity contribution is 0.0953. The molecule has 0 aliphatic carbocycles. The van der Waals surface area contributed by atoms with Gasteiger partial charge >= 0.3 is 0 Å². The normalized spacial score (nSPS) is 10.4. The zero-order valence-corrected chi connectivity index (χ0v) is 16.5. The van der Waals surface area contributed by atoms with Gasteiger partial charge in [0.1, 0.15) is 5.75 Å². The molecular weight excluding hydrogens is 376 g/mol. The molecule has 0 atom stereocenters. The first-order valence-corrected chi connectivity index (χ1v) is 9.19. The highest BCUT2D eigenvalue weighted by Crippen LogP contribution is 2.21. The maximum Gasteiger partial charge on any atom is 0.254 e. The fraction of sp³-hybridized carbons (Fsp3) is 0.190. The third kappa shape index (κ3) is 5.20. The predicted octanol–water partition coefficient (Wildman–Crippen LogP) is 4.16. The van der Waals surface area contributed by atoms with Gasteiger partial charge in [0, 0.05) is 29.6 Å². The van der Waals surface area contributed by atoms with Crippen LogP contribution >= 0.6 is 11.6 Å². The standard InChI is InChI=1S/C21H21ClN4O2/c1-14-10-17(22)6-7-19(14)26-21-24-12-16(13-25-21)20(27)23-9-8-15-4-3-5-18(11-15)28-2/h3-7,10-13H,8-9H2,1-2H3,(H,23,27)(H,24,25,26). The molecule has 2 N–H and O–H groups in total. The first-order chi connectivity index (χ1) is 13.5. The Bertz CT molecular complexity index is 961. The van der Waals surface area contributed by atoms with Crippen LogP contribution in [0.15, 0.2) is 54.9 Å². The summed E-state index contributed by atoms with van der Waals surface area (Å²) >= 11 is 5.96. The minimum absolute atomic E-state index is 0.211. The molecule has 28 heavy (non-hydrogen) atoms. The third-order valence-electron chi connectivity index (χ3n) is 4.18. The van der Waals surface area contributed by atoms with Gasteiger partial charge in [-0.15, -0.1) is 0 Å². The Morgan fingerprint density at radius 2 is 1.93 bits per heavy atom. The summed E-state index contributed by atoms with van der Waals surface area (Å²) in [5, 5.41) is 6.66. The average molecular weight is 397 g/mol. The Morgan fingerprint density at radius 1 is 1.14 bits per heavy atom. The zero-order chi connectivity index (χ0) is 19.9. The number of ether oxygens (including phenoxy) is 1. The topological polar surface area (TPSA) is 76.1 Å². The molecule has 1 amide bonds. The molecule has 0 spiro atoms. The molecule has 7 heteroatoms. The van der Waals surface area contributed by atoms with Crippen LogP contribution in [0, 0.1) is 6.92 Å². The van der Waals surface area contributed by atoms with Crippen molar-refractivity contribution in [1.29, 1.82) is 0 Å². The number of methoxy groups -OCH3 is 1. The van der Waals surface area contributed by atoms with Gasteiger partial charge in [0.25, 0.3) is 5.91 Å². The second-order valence-electron chi connectivity index (χ2n) is 6.24. The molecule has 1 heterocycles. The summed E-state index contributed by atoms with van der Waals surface area (Å²) in [6, 6.07) is 13.3. The van der Waals surface area contributed by atoms with Gasteiger partial charge in [0.2, 0.25) is 5.95 Å². The van der Waals surface area contributed by atoms with Crippen molar-refractivity contribution in [1.82, 2.24) is 15.3 Å². The summed E-state index contributed by atoms with van der Waals surface area (Å²) in [4.78, 5) is 20.7. The second kappa shape index (κ2) is 9.19. The molecule has 2 aromatic carbocycles. The molecule has 6 nitrogen and oxygen atoms in total. The molecule has 0 saturated heterocycles. The SMILES string of the molecule is COc1cccc(CCNC(=O)c2cnc(Nc3ccc(Cl)cc3C)nc2)c1. The van der Waals surface area contributed by atoms with E-state index in [9.17, 15) is 4.79 Å². The first kappa shape index (κ1) is 19.6. The van der Waals surface area contributed by atoms with Crippen LogP contribution in [-0.4, -0.2) is 29.5 Å². The van der Waals surface area contributed by atoms with E-state index in [4.69, 9.17) is 16.3 Å². The smallest absolute Gasteiger partial charge is 0.254 e. The summed E-state index contributed by atoms with van der Waals surface area (Å²) in [7, 11) is 1.63. The Labute approximate surface area is 168 Å². The highest BCUT2D eigenvalue weighted by Gasteiger charge is 2.08.